The van der Waals surface area contributed by atoms with E-state index in [1.54, 1.807) is 6.20 Å². The monoisotopic (exact) mass is 295 g/mol. The fourth-order valence-corrected chi connectivity index (χ4v) is 2.88. The average molecular weight is 295 g/mol. The van der Waals surface area contributed by atoms with Gasteiger partial charge in [0, 0.05) is 24.9 Å². The second kappa shape index (κ2) is 6.60. The highest BCUT2D eigenvalue weighted by molar-refractivity contribution is 5.75. The van der Waals surface area contributed by atoms with Gasteiger partial charge >= 0.3 is 6.03 Å². The number of nitrogens with one attached hydrogen (secondary N) is 2. The Kier molecular flexibility index (Phi) is 4.37. The Labute approximate surface area is 131 Å². The predicted molar refractivity (Wildman–Crippen MR) is 86.4 cm³/mol. The second-order valence-corrected chi connectivity index (χ2v) is 5.75. The zero-order valence-corrected chi connectivity index (χ0v) is 12.6. The Morgan fingerprint density at radius 1 is 1.09 bits per heavy atom. The van der Waals surface area contributed by atoms with Gasteiger partial charge < -0.3 is 10.6 Å². The third-order valence-corrected chi connectivity index (χ3v) is 4.28. The molecular formula is C18H21N3O. The molecule has 2 amide bonds. The van der Waals surface area contributed by atoms with Crippen LogP contribution in [0.4, 0.5) is 4.79 Å². The van der Waals surface area contributed by atoms with Gasteiger partial charge in [-0.3, -0.25) is 4.98 Å². The van der Waals surface area contributed by atoms with Crippen LogP contribution in [0.25, 0.3) is 0 Å². The van der Waals surface area contributed by atoms with E-state index >= 15 is 0 Å². The molecule has 3 rings (SSSR count). The highest BCUT2D eigenvalue weighted by atomic mass is 16.2. The Bertz CT molecular complexity index is 609. The number of rotatable bonds is 5. The zero-order chi connectivity index (χ0) is 15.3. The molecule has 0 unspecified atom stereocenters. The Hall–Kier alpha value is -2.36. The number of urea groups is 1. The number of carbonyl (C=O) groups excluding carboxylic acids is 1. The van der Waals surface area contributed by atoms with Gasteiger partial charge in [-0.15, -0.1) is 0 Å². The summed E-state index contributed by atoms with van der Waals surface area (Å²) in [5.74, 6) is 0. The number of hydrogen-bond donors (Lipinski definition) is 2. The molecule has 0 atom stereocenters. The number of benzene rings is 1. The van der Waals surface area contributed by atoms with E-state index in [-0.39, 0.29) is 11.6 Å². The van der Waals surface area contributed by atoms with Crippen LogP contribution in [-0.4, -0.2) is 17.6 Å². The molecule has 114 valence electrons. The van der Waals surface area contributed by atoms with Crippen molar-refractivity contribution in [3.63, 3.8) is 0 Å². The van der Waals surface area contributed by atoms with Crippen LogP contribution >= 0.6 is 0 Å². The molecule has 1 saturated carbocycles. The van der Waals surface area contributed by atoms with Crippen LogP contribution in [0.15, 0.2) is 54.7 Å². The van der Waals surface area contributed by atoms with Crippen LogP contribution in [0.3, 0.4) is 0 Å². The van der Waals surface area contributed by atoms with E-state index in [9.17, 15) is 4.79 Å². The first-order chi connectivity index (χ1) is 10.8. The summed E-state index contributed by atoms with van der Waals surface area (Å²) in [5, 5.41) is 6.10. The summed E-state index contributed by atoms with van der Waals surface area (Å²) in [4.78, 5) is 16.4. The largest absolute Gasteiger partial charge is 0.338 e. The smallest absolute Gasteiger partial charge is 0.315 e. The molecule has 0 aliphatic heterocycles. The minimum absolute atomic E-state index is 0.0977. The lowest BCUT2D eigenvalue weighted by molar-refractivity contribution is 0.177. The van der Waals surface area contributed by atoms with Gasteiger partial charge in [0.05, 0.1) is 5.54 Å². The first-order valence-electron chi connectivity index (χ1n) is 7.80. The van der Waals surface area contributed by atoms with Gasteiger partial charge in [-0.05, 0) is 37.0 Å². The number of aromatic nitrogens is 1. The Balaban J connectivity index is 1.53. The standard InChI is InChI=1S/C18H21N3O/c22-17(20-14-10-16-9-4-5-13-19-16)21-18(11-6-12-18)15-7-2-1-3-8-15/h1-5,7-9,13H,6,10-12,14H2,(H2,20,21,22). The molecule has 1 aromatic carbocycles. The van der Waals surface area contributed by atoms with Gasteiger partial charge in [0.2, 0.25) is 0 Å². The quantitative estimate of drug-likeness (QED) is 0.891. The third-order valence-electron chi connectivity index (χ3n) is 4.28. The SMILES string of the molecule is O=C(NCCc1ccccn1)NC1(c2ccccc2)CCC1. The summed E-state index contributed by atoms with van der Waals surface area (Å²) < 4.78 is 0. The maximum Gasteiger partial charge on any atom is 0.315 e. The second-order valence-electron chi connectivity index (χ2n) is 5.75. The van der Waals surface area contributed by atoms with Crippen molar-refractivity contribution >= 4 is 6.03 Å². The van der Waals surface area contributed by atoms with Gasteiger partial charge in [-0.2, -0.15) is 0 Å². The van der Waals surface area contributed by atoms with Crippen molar-refractivity contribution in [1.82, 2.24) is 15.6 Å². The number of nitrogens with zero attached hydrogens (tertiary/aromatic N) is 1. The predicted octanol–water partition coefficient (Wildman–Crippen LogP) is 3.00. The van der Waals surface area contributed by atoms with Crippen molar-refractivity contribution in [2.45, 2.75) is 31.2 Å². The van der Waals surface area contributed by atoms with Crippen LogP contribution in [0.1, 0.15) is 30.5 Å². The van der Waals surface area contributed by atoms with Gasteiger partial charge in [-0.25, -0.2) is 4.79 Å². The third kappa shape index (κ3) is 3.27. The molecule has 4 nitrogen and oxygen atoms in total. The molecule has 0 radical (unpaired) electrons. The maximum absolute atomic E-state index is 12.2. The summed E-state index contributed by atoms with van der Waals surface area (Å²) in [7, 11) is 0. The van der Waals surface area contributed by atoms with Crippen molar-refractivity contribution in [2.75, 3.05) is 6.54 Å². The van der Waals surface area contributed by atoms with Crippen LogP contribution in [0.5, 0.6) is 0 Å². The Morgan fingerprint density at radius 2 is 1.86 bits per heavy atom. The van der Waals surface area contributed by atoms with Crippen molar-refractivity contribution in [1.29, 1.82) is 0 Å². The summed E-state index contributed by atoms with van der Waals surface area (Å²) >= 11 is 0. The summed E-state index contributed by atoms with van der Waals surface area (Å²) in [5.41, 5.74) is 2.00. The van der Waals surface area contributed by atoms with E-state index in [4.69, 9.17) is 0 Å². The minimum atomic E-state index is -0.184. The van der Waals surface area contributed by atoms with Crippen LogP contribution in [0, 0.1) is 0 Å². The number of pyridine rings is 1. The molecule has 1 aromatic heterocycles. The lowest BCUT2D eigenvalue weighted by atomic mass is 9.72. The van der Waals surface area contributed by atoms with E-state index in [0.717, 1.165) is 31.4 Å². The minimum Gasteiger partial charge on any atom is -0.338 e. The fraction of sp³-hybridized carbons (Fsp3) is 0.333. The summed E-state index contributed by atoms with van der Waals surface area (Å²) in [6.07, 6.45) is 5.68. The Morgan fingerprint density at radius 3 is 2.50 bits per heavy atom. The van der Waals surface area contributed by atoms with Crippen molar-refractivity contribution in [3.05, 3.63) is 66.0 Å². The molecule has 2 aromatic rings. The lowest BCUT2D eigenvalue weighted by Gasteiger charge is -2.43. The van der Waals surface area contributed by atoms with E-state index in [1.165, 1.54) is 5.56 Å². The first-order valence-corrected chi connectivity index (χ1v) is 7.80. The molecule has 1 aliphatic rings. The van der Waals surface area contributed by atoms with Crippen LogP contribution < -0.4 is 10.6 Å². The average Bonchev–Trinajstić information content (AvgIpc) is 2.53. The van der Waals surface area contributed by atoms with Gasteiger partial charge in [0.25, 0.3) is 0 Å². The molecule has 1 fully saturated rings. The van der Waals surface area contributed by atoms with E-state index in [2.05, 4.69) is 27.8 Å². The van der Waals surface area contributed by atoms with Crippen LogP contribution in [0.2, 0.25) is 0 Å². The molecule has 0 saturated heterocycles. The number of carbonyl (C=O) groups is 1. The fourth-order valence-electron chi connectivity index (χ4n) is 2.88. The van der Waals surface area contributed by atoms with Gasteiger partial charge in [0.1, 0.15) is 0 Å². The van der Waals surface area contributed by atoms with E-state index < -0.39 is 0 Å². The van der Waals surface area contributed by atoms with Crippen molar-refractivity contribution in [3.8, 4) is 0 Å². The topological polar surface area (TPSA) is 54.0 Å². The maximum atomic E-state index is 12.2. The van der Waals surface area contributed by atoms with E-state index in [1.807, 2.05) is 36.4 Å². The summed E-state index contributed by atoms with van der Waals surface area (Å²) in [6, 6.07) is 16.0. The van der Waals surface area contributed by atoms with Gasteiger partial charge in [0.15, 0.2) is 0 Å². The summed E-state index contributed by atoms with van der Waals surface area (Å²) in [6.45, 7) is 0.591. The van der Waals surface area contributed by atoms with Crippen LogP contribution in [-0.2, 0) is 12.0 Å². The molecule has 4 heteroatoms. The molecular weight excluding hydrogens is 274 g/mol. The van der Waals surface area contributed by atoms with E-state index in [0.29, 0.717) is 6.54 Å². The molecule has 22 heavy (non-hydrogen) atoms. The lowest BCUT2D eigenvalue weighted by Crippen LogP contribution is -2.54. The molecule has 1 heterocycles. The molecule has 1 aliphatic carbocycles. The molecule has 0 bridgehead atoms. The highest BCUT2D eigenvalue weighted by Crippen LogP contribution is 2.40. The van der Waals surface area contributed by atoms with Crippen molar-refractivity contribution in [2.24, 2.45) is 0 Å². The normalized spacial score (nSPS) is 15.6. The molecule has 2 N–H and O–H groups in total. The van der Waals surface area contributed by atoms with Gasteiger partial charge in [-0.1, -0.05) is 36.4 Å². The number of hydrogen-bond acceptors (Lipinski definition) is 2. The zero-order valence-electron chi connectivity index (χ0n) is 12.6. The number of amides is 2. The highest BCUT2D eigenvalue weighted by Gasteiger charge is 2.39. The molecule has 0 spiro atoms. The first kappa shape index (κ1) is 14.6. The van der Waals surface area contributed by atoms with Crippen molar-refractivity contribution < 1.29 is 4.79 Å².